The molecule has 1 atom stereocenters. The molecule has 0 saturated carbocycles. The van der Waals surface area contributed by atoms with Crippen LogP contribution >= 0.6 is 23.2 Å². The van der Waals surface area contributed by atoms with Gasteiger partial charge in [0, 0.05) is 41.8 Å². The van der Waals surface area contributed by atoms with Crippen LogP contribution in [0.3, 0.4) is 0 Å². The van der Waals surface area contributed by atoms with Gasteiger partial charge < -0.3 is 25.4 Å². The number of urea groups is 1. The molecule has 3 rings (SSSR count). The van der Waals surface area contributed by atoms with Gasteiger partial charge in [-0.2, -0.15) is 0 Å². The Labute approximate surface area is 168 Å². The predicted octanol–water partition coefficient (Wildman–Crippen LogP) is 1.94. The van der Waals surface area contributed by atoms with E-state index >= 15 is 0 Å². The number of halogens is 2. The Morgan fingerprint density at radius 1 is 1.26 bits per heavy atom. The number of rotatable bonds is 4. The molecular weight excluding hydrogens is 393 g/mol. The number of ether oxygens (including phenoxy) is 2. The predicted molar refractivity (Wildman–Crippen MR) is 102 cm³/mol. The van der Waals surface area contributed by atoms with Crippen molar-refractivity contribution in [2.24, 2.45) is 5.73 Å². The highest BCUT2D eigenvalue weighted by molar-refractivity contribution is 6.35. The zero-order chi connectivity index (χ0) is 19.4. The van der Waals surface area contributed by atoms with Crippen LogP contribution in [0.25, 0.3) is 0 Å². The minimum Gasteiger partial charge on any atom is -0.381 e. The van der Waals surface area contributed by atoms with E-state index in [4.69, 9.17) is 38.4 Å². The zero-order valence-electron chi connectivity index (χ0n) is 14.9. The van der Waals surface area contributed by atoms with Crippen LogP contribution in [0.2, 0.25) is 10.0 Å². The molecule has 2 fully saturated rings. The lowest BCUT2D eigenvalue weighted by atomic mass is 9.74. The van der Waals surface area contributed by atoms with E-state index in [0.29, 0.717) is 36.3 Å². The smallest absolute Gasteiger partial charge is 0.317 e. The number of hydrogen-bond donors (Lipinski definition) is 2. The number of amides is 3. The maximum absolute atomic E-state index is 12.6. The van der Waals surface area contributed by atoms with Crippen molar-refractivity contribution in [1.82, 2.24) is 10.2 Å². The van der Waals surface area contributed by atoms with Crippen LogP contribution in [-0.2, 0) is 19.7 Å². The topological polar surface area (TPSA) is 93.9 Å². The molecule has 0 radical (unpaired) electrons. The van der Waals surface area contributed by atoms with E-state index in [9.17, 15) is 9.59 Å². The summed E-state index contributed by atoms with van der Waals surface area (Å²) in [5.74, 6) is -0.568. The van der Waals surface area contributed by atoms with Gasteiger partial charge in [0.15, 0.2) is 6.10 Å². The monoisotopic (exact) mass is 415 g/mol. The van der Waals surface area contributed by atoms with Crippen LogP contribution in [0.4, 0.5) is 4.79 Å². The first kappa shape index (κ1) is 20.2. The number of benzene rings is 1. The summed E-state index contributed by atoms with van der Waals surface area (Å²) in [6.07, 6.45) is 0.704. The second-order valence-corrected chi connectivity index (χ2v) is 7.73. The molecule has 2 aliphatic rings. The van der Waals surface area contributed by atoms with Crippen LogP contribution in [0.1, 0.15) is 18.4 Å². The first-order valence-electron chi connectivity index (χ1n) is 8.88. The van der Waals surface area contributed by atoms with E-state index in [1.165, 1.54) is 0 Å². The summed E-state index contributed by atoms with van der Waals surface area (Å²) < 4.78 is 10.8. The zero-order valence-corrected chi connectivity index (χ0v) is 16.4. The van der Waals surface area contributed by atoms with Gasteiger partial charge >= 0.3 is 6.03 Å². The first-order chi connectivity index (χ1) is 12.9. The molecule has 1 aromatic carbocycles. The molecule has 7 nitrogen and oxygen atoms in total. The average molecular weight is 416 g/mol. The van der Waals surface area contributed by atoms with Gasteiger partial charge in [-0.25, -0.2) is 4.79 Å². The van der Waals surface area contributed by atoms with Crippen LogP contribution < -0.4 is 11.1 Å². The molecule has 0 spiro atoms. The van der Waals surface area contributed by atoms with Crippen molar-refractivity contribution in [2.75, 3.05) is 39.5 Å². The maximum Gasteiger partial charge on any atom is 0.317 e. The van der Waals surface area contributed by atoms with Crippen LogP contribution in [0.15, 0.2) is 18.2 Å². The van der Waals surface area contributed by atoms with E-state index in [1.807, 2.05) is 6.07 Å². The van der Waals surface area contributed by atoms with Gasteiger partial charge in [-0.05, 0) is 30.5 Å². The normalized spacial score (nSPS) is 22.3. The molecule has 27 heavy (non-hydrogen) atoms. The molecule has 0 bridgehead atoms. The maximum atomic E-state index is 12.6. The number of hydrogen-bond acceptors (Lipinski definition) is 4. The Kier molecular flexibility index (Phi) is 6.47. The van der Waals surface area contributed by atoms with E-state index in [-0.39, 0.29) is 24.6 Å². The van der Waals surface area contributed by atoms with Crippen LogP contribution in [-0.4, -0.2) is 62.4 Å². The van der Waals surface area contributed by atoms with Crippen LogP contribution in [0, 0.1) is 0 Å². The van der Waals surface area contributed by atoms with Gasteiger partial charge in [0.25, 0.3) is 0 Å². The molecule has 2 heterocycles. The van der Waals surface area contributed by atoms with Crippen molar-refractivity contribution in [2.45, 2.75) is 24.4 Å². The number of nitrogens with one attached hydrogen (secondary N) is 1. The molecule has 3 N–H and O–H groups in total. The molecular formula is C18H23Cl2N3O4. The highest BCUT2D eigenvalue weighted by Gasteiger charge is 2.37. The fourth-order valence-electron chi connectivity index (χ4n) is 3.59. The standard InChI is InChI=1S/C18H23Cl2N3O4/c19-12-1-2-13(14(20)9-12)18(3-6-26-7-4-18)11-22-17(25)23-5-8-27-15(10-23)16(21)24/h1-2,9,15H,3-8,10-11H2,(H2,21,24)(H,22,25). The Balaban J connectivity index is 1.72. The first-order valence-corrected chi connectivity index (χ1v) is 9.64. The summed E-state index contributed by atoms with van der Waals surface area (Å²) in [6, 6.07) is 5.19. The lowest BCUT2D eigenvalue weighted by molar-refractivity contribution is -0.133. The summed E-state index contributed by atoms with van der Waals surface area (Å²) >= 11 is 12.5. The molecule has 1 aromatic rings. The molecule has 0 aliphatic carbocycles. The Morgan fingerprint density at radius 3 is 2.67 bits per heavy atom. The van der Waals surface area contributed by atoms with Crippen molar-refractivity contribution < 1.29 is 19.1 Å². The third-order valence-electron chi connectivity index (χ3n) is 5.20. The molecule has 2 saturated heterocycles. The van der Waals surface area contributed by atoms with E-state index in [2.05, 4.69) is 5.32 Å². The summed E-state index contributed by atoms with van der Waals surface area (Å²) in [4.78, 5) is 25.5. The molecule has 148 valence electrons. The number of primary amides is 1. The number of morpholine rings is 1. The number of carbonyl (C=O) groups is 2. The number of nitrogens with two attached hydrogens (primary N) is 1. The SMILES string of the molecule is NC(=O)C1CN(C(=O)NCC2(c3ccc(Cl)cc3Cl)CCOCC2)CCO1. The summed E-state index contributed by atoms with van der Waals surface area (Å²) in [7, 11) is 0. The van der Waals surface area contributed by atoms with E-state index in [1.54, 1.807) is 17.0 Å². The van der Waals surface area contributed by atoms with E-state index < -0.39 is 12.0 Å². The molecule has 3 amide bonds. The molecule has 2 aliphatic heterocycles. The second-order valence-electron chi connectivity index (χ2n) is 6.88. The highest BCUT2D eigenvalue weighted by Crippen LogP contribution is 2.39. The summed E-state index contributed by atoms with van der Waals surface area (Å²) in [6.45, 7) is 2.44. The highest BCUT2D eigenvalue weighted by atomic mass is 35.5. The van der Waals surface area contributed by atoms with Gasteiger partial charge in [0.05, 0.1) is 13.2 Å². The summed E-state index contributed by atoms with van der Waals surface area (Å²) in [5, 5.41) is 4.15. The van der Waals surface area contributed by atoms with Gasteiger partial charge in [0.2, 0.25) is 5.91 Å². The number of carbonyl (C=O) groups excluding carboxylic acids is 2. The minimum absolute atomic E-state index is 0.152. The Bertz CT molecular complexity index is 710. The Hall–Kier alpha value is -1.54. The van der Waals surface area contributed by atoms with Gasteiger partial charge in [0.1, 0.15) is 0 Å². The van der Waals surface area contributed by atoms with Gasteiger partial charge in [-0.1, -0.05) is 29.3 Å². The van der Waals surface area contributed by atoms with Gasteiger partial charge in [-0.3, -0.25) is 4.79 Å². The van der Waals surface area contributed by atoms with Crippen molar-refractivity contribution in [3.05, 3.63) is 33.8 Å². The fraction of sp³-hybridized carbons (Fsp3) is 0.556. The van der Waals surface area contributed by atoms with Crippen molar-refractivity contribution in [3.63, 3.8) is 0 Å². The summed E-state index contributed by atoms with van der Waals surface area (Å²) in [5.41, 5.74) is 5.91. The van der Waals surface area contributed by atoms with Crippen molar-refractivity contribution in [1.29, 1.82) is 0 Å². The lowest BCUT2D eigenvalue weighted by Crippen LogP contribution is -2.55. The van der Waals surface area contributed by atoms with E-state index in [0.717, 1.165) is 18.4 Å². The lowest BCUT2D eigenvalue weighted by Gasteiger charge is -2.39. The fourth-order valence-corrected chi connectivity index (χ4v) is 4.19. The second kappa shape index (κ2) is 8.65. The third-order valence-corrected chi connectivity index (χ3v) is 5.75. The van der Waals surface area contributed by atoms with Crippen molar-refractivity contribution >= 4 is 35.1 Å². The largest absolute Gasteiger partial charge is 0.381 e. The Morgan fingerprint density at radius 2 is 2.00 bits per heavy atom. The molecule has 1 unspecified atom stereocenters. The van der Waals surface area contributed by atoms with Crippen molar-refractivity contribution in [3.8, 4) is 0 Å². The average Bonchev–Trinajstić information content (AvgIpc) is 2.67. The van der Waals surface area contributed by atoms with Gasteiger partial charge in [-0.15, -0.1) is 0 Å². The molecule has 9 heteroatoms. The minimum atomic E-state index is -0.771. The van der Waals surface area contributed by atoms with Crippen LogP contribution in [0.5, 0.6) is 0 Å². The third kappa shape index (κ3) is 4.66. The number of nitrogens with zero attached hydrogens (tertiary/aromatic N) is 1. The quantitative estimate of drug-likeness (QED) is 0.785. The molecule has 0 aromatic heterocycles.